The first-order chi connectivity index (χ1) is 7.08. The molecular formula is C12H27N3. The van der Waals surface area contributed by atoms with E-state index in [-0.39, 0.29) is 0 Å². The summed E-state index contributed by atoms with van der Waals surface area (Å²) >= 11 is 0. The molecule has 0 saturated heterocycles. The number of nitrogens with two attached hydrogens (primary N) is 1. The molecule has 0 spiro atoms. The summed E-state index contributed by atoms with van der Waals surface area (Å²) in [5, 5.41) is 0. The molecule has 1 rings (SSSR count). The number of hydrogen-bond acceptors (Lipinski definition) is 3. The fourth-order valence-corrected chi connectivity index (χ4v) is 2.41. The van der Waals surface area contributed by atoms with Crippen LogP contribution in [0, 0.1) is 5.41 Å². The summed E-state index contributed by atoms with van der Waals surface area (Å²) in [6.45, 7) is 4.43. The zero-order chi connectivity index (χ0) is 11.3. The first-order valence-electron chi connectivity index (χ1n) is 6.11. The Morgan fingerprint density at radius 2 is 1.80 bits per heavy atom. The first-order valence-corrected chi connectivity index (χ1v) is 6.11. The Balaban J connectivity index is 2.14. The molecule has 0 unspecified atom stereocenters. The van der Waals surface area contributed by atoms with E-state index in [0.29, 0.717) is 5.41 Å². The highest BCUT2D eigenvalue weighted by Gasteiger charge is 2.36. The number of hydrogen-bond donors (Lipinski definition) is 1. The maximum Gasteiger partial charge on any atom is 0.00470 e. The summed E-state index contributed by atoms with van der Waals surface area (Å²) in [5.41, 5.74) is 6.32. The molecule has 0 atom stereocenters. The highest BCUT2D eigenvalue weighted by molar-refractivity contribution is 4.90. The summed E-state index contributed by atoms with van der Waals surface area (Å²) in [6.07, 6.45) is 5.30. The summed E-state index contributed by atoms with van der Waals surface area (Å²) in [7, 11) is 6.49. The van der Waals surface area contributed by atoms with Crippen LogP contribution in [0.4, 0.5) is 0 Å². The van der Waals surface area contributed by atoms with E-state index < -0.39 is 0 Å². The molecule has 1 fully saturated rings. The quantitative estimate of drug-likeness (QED) is 0.685. The fourth-order valence-electron chi connectivity index (χ4n) is 2.41. The summed E-state index contributed by atoms with van der Waals surface area (Å²) in [6, 6.07) is 0. The molecular weight excluding hydrogens is 186 g/mol. The predicted octanol–water partition coefficient (Wildman–Crippen LogP) is 0.999. The monoisotopic (exact) mass is 213 g/mol. The third kappa shape index (κ3) is 4.09. The van der Waals surface area contributed by atoms with Crippen molar-refractivity contribution < 1.29 is 0 Å². The maximum absolute atomic E-state index is 5.86. The van der Waals surface area contributed by atoms with E-state index in [0.717, 1.165) is 6.54 Å². The van der Waals surface area contributed by atoms with Gasteiger partial charge in [-0.05, 0) is 65.5 Å². The van der Waals surface area contributed by atoms with Crippen LogP contribution in [-0.2, 0) is 0 Å². The third-order valence-corrected chi connectivity index (χ3v) is 3.60. The molecule has 0 radical (unpaired) electrons. The normalized spacial score (nSPS) is 19.6. The molecule has 0 aliphatic heterocycles. The Hall–Kier alpha value is -0.120. The van der Waals surface area contributed by atoms with Crippen LogP contribution in [0.15, 0.2) is 0 Å². The molecule has 0 aromatic heterocycles. The van der Waals surface area contributed by atoms with Crippen LogP contribution in [0.25, 0.3) is 0 Å². The van der Waals surface area contributed by atoms with E-state index in [1.165, 1.54) is 45.3 Å². The number of rotatable bonds is 7. The average molecular weight is 213 g/mol. The Morgan fingerprint density at radius 3 is 2.20 bits per heavy atom. The largest absolute Gasteiger partial charge is 0.330 e. The minimum Gasteiger partial charge on any atom is -0.330 e. The Kier molecular flexibility index (Phi) is 5.03. The van der Waals surface area contributed by atoms with E-state index >= 15 is 0 Å². The lowest BCUT2D eigenvalue weighted by molar-refractivity contribution is 0.0862. The lowest BCUT2D eigenvalue weighted by Crippen LogP contribution is -2.46. The molecule has 3 heteroatoms. The summed E-state index contributed by atoms with van der Waals surface area (Å²) in [5.74, 6) is 0. The van der Waals surface area contributed by atoms with Gasteiger partial charge in [-0.15, -0.1) is 0 Å². The molecule has 0 aromatic rings. The first kappa shape index (κ1) is 12.9. The standard InChI is InChI=1S/C12H27N3/c1-14(2)8-5-9-15(3)11-12(10-13)6-4-7-12/h4-11,13H2,1-3H3. The van der Waals surface area contributed by atoms with Gasteiger partial charge in [0.25, 0.3) is 0 Å². The van der Waals surface area contributed by atoms with Gasteiger partial charge in [0.1, 0.15) is 0 Å². The van der Waals surface area contributed by atoms with Gasteiger partial charge in [0, 0.05) is 6.54 Å². The Bertz CT molecular complexity index is 170. The Labute approximate surface area is 94.6 Å². The van der Waals surface area contributed by atoms with Crippen molar-refractivity contribution >= 4 is 0 Å². The molecule has 2 N–H and O–H groups in total. The van der Waals surface area contributed by atoms with Gasteiger partial charge in [0.2, 0.25) is 0 Å². The van der Waals surface area contributed by atoms with Crippen LogP contribution in [0.2, 0.25) is 0 Å². The smallest absolute Gasteiger partial charge is 0.00470 e. The lowest BCUT2D eigenvalue weighted by atomic mass is 9.68. The average Bonchev–Trinajstić information content (AvgIpc) is 2.11. The van der Waals surface area contributed by atoms with Gasteiger partial charge in [-0.3, -0.25) is 0 Å². The molecule has 90 valence electrons. The maximum atomic E-state index is 5.86. The van der Waals surface area contributed by atoms with Crippen LogP contribution >= 0.6 is 0 Å². The van der Waals surface area contributed by atoms with Crippen molar-refractivity contribution in [1.29, 1.82) is 0 Å². The molecule has 0 bridgehead atoms. The van der Waals surface area contributed by atoms with E-state index in [1.54, 1.807) is 0 Å². The molecule has 0 amide bonds. The molecule has 1 aliphatic carbocycles. The van der Waals surface area contributed by atoms with Crippen molar-refractivity contribution in [2.24, 2.45) is 11.1 Å². The second-order valence-corrected chi connectivity index (χ2v) is 5.45. The van der Waals surface area contributed by atoms with Gasteiger partial charge in [0.05, 0.1) is 0 Å². The van der Waals surface area contributed by atoms with E-state index in [2.05, 4.69) is 30.9 Å². The summed E-state index contributed by atoms with van der Waals surface area (Å²) < 4.78 is 0. The predicted molar refractivity (Wildman–Crippen MR) is 66.0 cm³/mol. The topological polar surface area (TPSA) is 32.5 Å². The number of nitrogens with zero attached hydrogens (tertiary/aromatic N) is 2. The van der Waals surface area contributed by atoms with Crippen molar-refractivity contribution in [1.82, 2.24) is 9.80 Å². The van der Waals surface area contributed by atoms with Gasteiger partial charge >= 0.3 is 0 Å². The van der Waals surface area contributed by atoms with Crippen LogP contribution in [-0.4, -0.2) is 57.1 Å². The zero-order valence-electron chi connectivity index (χ0n) is 10.6. The van der Waals surface area contributed by atoms with E-state index in [1.807, 2.05) is 0 Å². The second kappa shape index (κ2) is 5.83. The molecule has 0 aromatic carbocycles. The van der Waals surface area contributed by atoms with Crippen molar-refractivity contribution in [3.63, 3.8) is 0 Å². The van der Waals surface area contributed by atoms with Crippen LogP contribution < -0.4 is 5.73 Å². The van der Waals surface area contributed by atoms with Crippen molar-refractivity contribution in [3.8, 4) is 0 Å². The minimum absolute atomic E-state index is 0.465. The molecule has 3 nitrogen and oxygen atoms in total. The van der Waals surface area contributed by atoms with Gasteiger partial charge in [0.15, 0.2) is 0 Å². The lowest BCUT2D eigenvalue weighted by Gasteiger charge is -2.43. The van der Waals surface area contributed by atoms with Gasteiger partial charge in [-0.2, -0.15) is 0 Å². The third-order valence-electron chi connectivity index (χ3n) is 3.60. The fraction of sp³-hybridized carbons (Fsp3) is 1.00. The van der Waals surface area contributed by atoms with Crippen molar-refractivity contribution in [2.75, 3.05) is 47.3 Å². The van der Waals surface area contributed by atoms with E-state index in [4.69, 9.17) is 5.73 Å². The minimum atomic E-state index is 0.465. The molecule has 15 heavy (non-hydrogen) atoms. The summed E-state index contributed by atoms with van der Waals surface area (Å²) in [4.78, 5) is 4.70. The van der Waals surface area contributed by atoms with Crippen LogP contribution in [0.3, 0.4) is 0 Å². The van der Waals surface area contributed by atoms with Gasteiger partial charge < -0.3 is 15.5 Å². The van der Waals surface area contributed by atoms with Crippen molar-refractivity contribution in [2.45, 2.75) is 25.7 Å². The highest BCUT2D eigenvalue weighted by Crippen LogP contribution is 2.40. The molecule has 1 saturated carbocycles. The highest BCUT2D eigenvalue weighted by atomic mass is 15.1. The zero-order valence-corrected chi connectivity index (χ0v) is 10.6. The second-order valence-electron chi connectivity index (χ2n) is 5.45. The van der Waals surface area contributed by atoms with Crippen LogP contribution in [0.5, 0.6) is 0 Å². The van der Waals surface area contributed by atoms with Gasteiger partial charge in [-0.25, -0.2) is 0 Å². The Morgan fingerprint density at radius 1 is 1.13 bits per heavy atom. The van der Waals surface area contributed by atoms with Crippen molar-refractivity contribution in [3.05, 3.63) is 0 Å². The SMILES string of the molecule is CN(C)CCCN(C)CC1(CN)CCC1. The van der Waals surface area contributed by atoms with Crippen LogP contribution in [0.1, 0.15) is 25.7 Å². The molecule has 1 aliphatic rings. The van der Waals surface area contributed by atoms with E-state index in [9.17, 15) is 0 Å². The molecule has 0 heterocycles. The van der Waals surface area contributed by atoms with Gasteiger partial charge in [-0.1, -0.05) is 6.42 Å².